The maximum atomic E-state index is 10.8. The molecule has 1 atom stereocenters. The Morgan fingerprint density at radius 3 is 2.50 bits per heavy atom. The Bertz CT molecular complexity index is 495. The molecule has 0 fully saturated rings. The van der Waals surface area contributed by atoms with Crippen molar-refractivity contribution in [3.63, 3.8) is 0 Å². The van der Waals surface area contributed by atoms with E-state index in [0.717, 1.165) is 12.1 Å². The molecule has 0 aliphatic heterocycles. The van der Waals surface area contributed by atoms with E-state index in [1.165, 1.54) is 0 Å². The standard InChI is InChI=1S/C17H28N2O3/c1-6-21-15-9-13(10-19-12(2)17(3,4)5)7-8-14(15)22-11-16(18)20/h7-9,12,19H,6,10-11H2,1-5H3,(H2,18,20)/p+1/t12-/m0/s1. The normalized spacial score (nSPS) is 12.8. The number of quaternary nitrogens is 1. The number of hydrogen-bond donors (Lipinski definition) is 2. The molecule has 4 N–H and O–H groups in total. The quantitative estimate of drug-likeness (QED) is 0.763. The molecular formula is C17H29N2O3+. The Labute approximate surface area is 133 Å². The van der Waals surface area contributed by atoms with Crippen LogP contribution in [0.2, 0.25) is 0 Å². The van der Waals surface area contributed by atoms with Crippen molar-refractivity contribution in [2.75, 3.05) is 13.2 Å². The van der Waals surface area contributed by atoms with Gasteiger partial charge in [-0.15, -0.1) is 0 Å². The zero-order valence-corrected chi connectivity index (χ0v) is 14.3. The predicted octanol–water partition coefficient (Wildman–Crippen LogP) is 1.45. The summed E-state index contributed by atoms with van der Waals surface area (Å²) in [6.45, 7) is 12.1. The molecule has 5 heteroatoms. The molecule has 0 bridgehead atoms. The molecule has 5 nitrogen and oxygen atoms in total. The van der Waals surface area contributed by atoms with E-state index in [2.05, 4.69) is 33.0 Å². The van der Waals surface area contributed by atoms with E-state index in [1.807, 2.05) is 25.1 Å². The van der Waals surface area contributed by atoms with Gasteiger partial charge in [-0.25, -0.2) is 0 Å². The molecule has 0 radical (unpaired) electrons. The fourth-order valence-electron chi connectivity index (χ4n) is 1.88. The summed E-state index contributed by atoms with van der Waals surface area (Å²) in [6.07, 6.45) is 0. The van der Waals surface area contributed by atoms with Gasteiger partial charge in [-0.2, -0.15) is 0 Å². The lowest BCUT2D eigenvalue weighted by atomic mass is 9.88. The monoisotopic (exact) mass is 309 g/mol. The Morgan fingerprint density at radius 1 is 1.27 bits per heavy atom. The Morgan fingerprint density at radius 2 is 1.95 bits per heavy atom. The number of carbonyl (C=O) groups is 1. The van der Waals surface area contributed by atoms with Crippen LogP contribution in [0.4, 0.5) is 0 Å². The van der Waals surface area contributed by atoms with Crippen LogP contribution in [-0.4, -0.2) is 25.2 Å². The second kappa shape index (κ2) is 8.03. The minimum atomic E-state index is -0.501. The van der Waals surface area contributed by atoms with E-state index in [-0.39, 0.29) is 12.0 Å². The van der Waals surface area contributed by atoms with Gasteiger partial charge in [0, 0.05) is 11.0 Å². The van der Waals surface area contributed by atoms with Crippen LogP contribution in [-0.2, 0) is 11.3 Å². The highest BCUT2D eigenvalue weighted by atomic mass is 16.5. The van der Waals surface area contributed by atoms with Crippen LogP contribution in [0.15, 0.2) is 18.2 Å². The van der Waals surface area contributed by atoms with Crippen molar-refractivity contribution in [2.45, 2.75) is 47.2 Å². The van der Waals surface area contributed by atoms with Crippen LogP contribution in [0.3, 0.4) is 0 Å². The Balaban J connectivity index is 2.77. The summed E-state index contributed by atoms with van der Waals surface area (Å²) >= 11 is 0. The van der Waals surface area contributed by atoms with Gasteiger partial charge in [0.2, 0.25) is 0 Å². The molecular weight excluding hydrogens is 280 g/mol. The van der Waals surface area contributed by atoms with Crippen LogP contribution >= 0.6 is 0 Å². The summed E-state index contributed by atoms with van der Waals surface area (Å²) in [5.74, 6) is 0.699. The molecule has 0 saturated carbocycles. The molecule has 1 aromatic carbocycles. The molecule has 0 spiro atoms. The van der Waals surface area contributed by atoms with E-state index < -0.39 is 5.91 Å². The summed E-state index contributed by atoms with van der Waals surface area (Å²) in [7, 11) is 0. The van der Waals surface area contributed by atoms with E-state index in [1.54, 1.807) is 0 Å². The fourth-order valence-corrected chi connectivity index (χ4v) is 1.88. The van der Waals surface area contributed by atoms with Gasteiger partial charge in [-0.1, -0.05) is 20.8 Å². The van der Waals surface area contributed by atoms with Crippen LogP contribution in [0.5, 0.6) is 11.5 Å². The molecule has 1 rings (SSSR count). The van der Waals surface area contributed by atoms with Gasteiger partial charge in [0.25, 0.3) is 5.91 Å². The molecule has 22 heavy (non-hydrogen) atoms. The van der Waals surface area contributed by atoms with Crippen molar-refractivity contribution >= 4 is 5.91 Å². The summed E-state index contributed by atoms with van der Waals surface area (Å²) < 4.78 is 11.0. The van der Waals surface area contributed by atoms with E-state index in [4.69, 9.17) is 15.2 Å². The number of primary amides is 1. The summed E-state index contributed by atoms with van der Waals surface area (Å²) in [5, 5.41) is 2.31. The first kappa shape index (κ1) is 18.3. The molecule has 0 aliphatic carbocycles. The number of ether oxygens (including phenoxy) is 2. The number of rotatable bonds is 8. The number of hydrogen-bond acceptors (Lipinski definition) is 3. The van der Waals surface area contributed by atoms with Gasteiger partial charge in [0.15, 0.2) is 18.1 Å². The van der Waals surface area contributed by atoms with Gasteiger partial charge in [-0.3, -0.25) is 4.79 Å². The minimum Gasteiger partial charge on any atom is -0.490 e. The second-order valence-corrected chi connectivity index (χ2v) is 6.56. The van der Waals surface area contributed by atoms with E-state index >= 15 is 0 Å². The van der Waals surface area contributed by atoms with Crippen molar-refractivity contribution in [3.8, 4) is 11.5 Å². The van der Waals surface area contributed by atoms with Crippen LogP contribution in [0.25, 0.3) is 0 Å². The first-order valence-electron chi connectivity index (χ1n) is 7.74. The van der Waals surface area contributed by atoms with Gasteiger partial charge in [0.05, 0.1) is 12.6 Å². The Hall–Kier alpha value is -1.75. The molecule has 124 valence electrons. The van der Waals surface area contributed by atoms with Gasteiger partial charge < -0.3 is 20.5 Å². The summed E-state index contributed by atoms with van der Waals surface area (Å²) in [6, 6.07) is 6.30. The van der Waals surface area contributed by atoms with Crippen LogP contribution < -0.4 is 20.5 Å². The SMILES string of the molecule is CCOc1cc(C[NH2+][C@@H](C)C(C)(C)C)ccc1OCC(N)=O. The lowest BCUT2D eigenvalue weighted by Gasteiger charge is -2.25. The minimum absolute atomic E-state index is 0.146. The molecule has 1 amide bonds. The highest BCUT2D eigenvalue weighted by Crippen LogP contribution is 2.28. The molecule has 0 aromatic heterocycles. The van der Waals surface area contributed by atoms with E-state index in [0.29, 0.717) is 24.1 Å². The highest BCUT2D eigenvalue weighted by molar-refractivity contribution is 5.75. The van der Waals surface area contributed by atoms with Crippen LogP contribution in [0, 0.1) is 5.41 Å². The maximum Gasteiger partial charge on any atom is 0.255 e. The van der Waals surface area contributed by atoms with Crippen LogP contribution in [0.1, 0.15) is 40.2 Å². The first-order valence-corrected chi connectivity index (χ1v) is 7.74. The largest absolute Gasteiger partial charge is 0.490 e. The third-order valence-electron chi connectivity index (χ3n) is 3.75. The lowest BCUT2D eigenvalue weighted by molar-refractivity contribution is -0.712. The smallest absolute Gasteiger partial charge is 0.255 e. The van der Waals surface area contributed by atoms with Gasteiger partial charge in [-0.05, 0) is 32.0 Å². The third kappa shape index (κ3) is 5.93. The number of amides is 1. The molecule has 0 heterocycles. The fraction of sp³-hybridized carbons (Fsp3) is 0.588. The topological polar surface area (TPSA) is 78.2 Å². The number of benzene rings is 1. The number of nitrogens with two attached hydrogens (primary N) is 2. The van der Waals surface area contributed by atoms with Gasteiger partial charge in [0.1, 0.15) is 6.54 Å². The molecule has 0 unspecified atom stereocenters. The number of carbonyl (C=O) groups excluding carboxylic acids is 1. The molecule has 0 aliphatic rings. The first-order chi connectivity index (χ1) is 10.2. The Kier molecular flexibility index (Phi) is 6.68. The van der Waals surface area contributed by atoms with Crippen molar-refractivity contribution in [1.82, 2.24) is 0 Å². The average molecular weight is 309 g/mol. The van der Waals surface area contributed by atoms with Crippen molar-refractivity contribution in [1.29, 1.82) is 0 Å². The molecule has 0 saturated heterocycles. The predicted molar refractivity (Wildman–Crippen MR) is 86.8 cm³/mol. The summed E-state index contributed by atoms with van der Waals surface area (Å²) in [5.41, 5.74) is 6.52. The van der Waals surface area contributed by atoms with E-state index in [9.17, 15) is 4.79 Å². The summed E-state index contributed by atoms with van der Waals surface area (Å²) in [4.78, 5) is 10.8. The average Bonchev–Trinajstić information content (AvgIpc) is 2.42. The van der Waals surface area contributed by atoms with Gasteiger partial charge >= 0.3 is 0 Å². The zero-order valence-electron chi connectivity index (χ0n) is 14.3. The lowest BCUT2D eigenvalue weighted by Crippen LogP contribution is -2.90. The molecule has 1 aromatic rings. The highest BCUT2D eigenvalue weighted by Gasteiger charge is 2.22. The van der Waals surface area contributed by atoms with Crippen molar-refractivity contribution in [2.24, 2.45) is 11.1 Å². The maximum absolute atomic E-state index is 10.8. The van der Waals surface area contributed by atoms with Crippen molar-refractivity contribution in [3.05, 3.63) is 23.8 Å². The second-order valence-electron chi connectivity index (χ2n) is 6.56. The zero-order chi connectivity index (χ0) is 16.8. The van der Waals surface area contributed by atoms with Crippen molar-refractivity contribution < 1.29 is 19.6 Å². The third-order valence-corrected chi connectivity index (χ3v) is 3.75.